The van der Waals surface area contributed by atoms with Crippen LogP contribution in [0, 0.1) is 0 Å². The molecule has 0 atom stereocenters. The Morgan fingerprint density at radius 3 is 2.25 bits per heavy atom. The monoisotopic (exact) mass is 222 g/mol. The van der Waals surface area contributed by atoms with Gasteiger partial charge in [0, 0.05) is 4.47 Å². The maximum Gasteiger partial charge on any atom is 0.0181 e. The molecular formula is C11H11Br. The highest BCUT2D eigenvalue weighted by Gasteiger charge is 1.90. The lowest BCUT2D eigenvalue weighted by atomic mass is 10.1. The second-order valence-electron chi connectivity index (χ2n) is 2.49. The van der Waals surface area contributed by atoms with E-state index >= 15 is 0 Å². The first-order chi connectivity index (χ1) is 5.36. The Labute approximate surface area is 81.4 Å². The summed E-state index contributed by atoms with van der Waals surface area (Å²) >= 11 is 3.43. The summed E-state index contributed by atoms with van der Waals surface area (Å²) in [5.41, 5.74) is 0. The molecule has 0 amide bonds. The van der Waals surface area contributed by atoms with Gasteiger partial charge in [-0.05, 0) is 22.9 Å². The van der Waals surface area contributed by atoms with Gasteiger partial charge in [-0.3, -0.25) is 0 Å². The zero-order chi connectivity index (χ0) is 7.68. The van der Waals surface area contributed by atoms with Crippen LogP contribution in [0.1, 0.15) is 7.43 Å². The van der Waals surface area contributed by atoms with Gasteiger partial charge in [-0.15, -0.1) is 0 Å². The third-order valence-corrected chi connectivity index (χ3v) is 2.20. The van der Waals surface area contributed by atoms with E-state index in [0.717, 1.165) is 4.47 Å². The van der Waals surface area contributed by atoms with Crippen molar-refractivity contribution in [3.8, 4) is 0 Å². The van der Waals surface area contributed by atoms with Gasteiger partial charge < -0.3 is 0 Å². The largest absolute Gasteiger partial charge is 0.0776 e. The SMILES string of the molecule is Brc1ccc2ccccc2c1.C. The molecule has 0 unspecified atom stereocenters. The average Bonchev–Trinajstić information content (AvgIpc) is 2.04. The standard InChI is InChI=1S/C10H7Br.CH4/c11-10-6-5-8-3-1-2-4-9(8)7-10;/h1-7H;1H4. The topological polar surface area (TPSA) is 0 Å². The van der Waals surface area contributed by atoms with Gasteiger partial charge >= 0.3 is 0 Å². The molecule has 12 heavy (non-hydrogen) atoms. The smallest absolute Gasteiger partial charge is 0.0181 e. The molecule has 0 aromatic heterocycles. The summed E-state index contributed by atoms with van der Waals surface area (Å²) in [5.74, 6) is 0. The Morgan fingerprint density at radius 1 is 0.833 bits per heavy atom. The minimum Gasteiger partial charge on any atom is -0.0776 e. The van der Waals surface area contributed by atoms with E-state index in [1.54, 1.807) is 0 Å². The Balaban J connectivity index is 0.000000720. The fraction of sp³-hybridized carbons (Fsp3) is 0.0909. The minimum absolute atomic E-state index is 0. The quantitative estimate of drug-likeness (QED) is 0.626. The summed E-state index contributed by atoms with van der Waals surface area (Å²) in [6.07, 6.45) is 0. The summed E-state index contributed by atoms with van der Waals surface area (Å²) in [6.45, 7) is 0. The Hall–Kier alpha value is -0.820. The summed E-state index contributed by atoms with van der Waals surface area (Å²) < 4.78 is 1.14. The van der Waals surface area contributed by atoms with Crippen LogP contribution in [-0.2, 0) is 0 Å². The molecule has 0 N–H and O–H groups in total. The zero-order valence-electron chi connectivity index (χ0n) is 5.92. The van der Waals surface area contributed by atoms with Crippen LogP contribution in [0.3, 0.4) is 0 Å². The van der Waals surface area contributed by atoms with E-state index in [2.05, 4.69) is 58.4 Å². The maximum absolute atomic E-state index is 3.43. The average molecular weight is 223 g/mol. The van der Waals surface area contributed by atoms with E-state index < -0.39 is 0 Å². The van der Waals surface area contributed by atoms with Gasteiger partial charge in [0.2, 0.25) is 0 Å². The van der Waals surface area contributed by atoms with Crippen molar-refractivity contribution >= 4 is 26.7 Å². The van der Waals surface area contributed by atoms with Crippen molar-refractivity contribution in [3.63, 3.8) is 0 Å². The summed E-state index contributed by atoms with van der Waals surface area (Å²) in [7, 11) is 0. The predicted octanol–water partition coefficient (Wildman–Crippen LogP) is 4.24. The molecule has 0 spiro atoms. The fourth-order valence-corrected chi connectivity index (χ4v) is 1.54. The number of benzene rings is 2. The van der Waals surface area contributed by atoms with Gasteiger partial charge in [0.1, 0.15) is 0 Å². The third-order valence-electron chi connectivity index (χ3n) is 1.71. The summed E-state index contributed by atoms with van der Waals surface area (Å²) in [4.78, 5) is 0. The number of hydrogen-bond donors (Lipinski definition) is 0. The van der Waals surface area contributed by atoms with Crippen LogP contribution < -0.4 is 0 Å². The molecule has 0 aliphatic rings. The molecule has 1 heteroatoms. The van der Waals surface area contributed by atoms with Gasteiger partial charge in [-0.2, -0.15) is 0 Å². The Morgan fingerprint density at radius 2 is 1.50 bits per heavy atom. The van der Waals surface area contributed by atoms with Gasteiger partial charge in [-0.1, -0.05) is 53.7 Å². The van der Waals surface area contributed by atoms with Crippen LogP contribution in [0.4, 0.5) is 0 Å². The van der Waals surface area contributed by atoms with E-state index in [-0.39, 0.29) is 7.43 Å². The predicted molar refractivity (Wildman–Crippen MR) is 58.4 cm³/mol. The third kappa shape index (κ3) is 1.67. The molecule has 62 valence electrons. The summed E-state index contributed by atoms with van der Waals surface area (Å²) in [5, 5.41) is 2.57. The number of halogens is 1. The maximum atomic E-state index is 3.43. The molecule has 0 heterocycles. The fourth-order valence-electron chi connectivity index (χ4n) is 1.16. The molecule has 0 fully saturated rings. The van der Waals surface area contributed by atoms with E-state index in [1.807, 2.05) is 0 Å². The Bertz CT molecular complexity index is 379. The lowest BCUT2D eigenvalue weighted by Gasteiger charge is -1.95. The second kappa shape index (κ2) is 3.72. The molecule has 0 saturated carbocycles. The van der Waals surface area contributed by atoms with E-state index in [9.17, 15) is 0 Å². The molecule has 2 aromatic rings. The molecule has 0 aliphatic carbocycles. The first kappa shape index (κ1) is 9.27. The van der Waals surface area contributed by atoms with Gasteiger partial charge in [-0.25, -0.2) is 0 Å². The van der Waals surface area contributed by atoms with Crippen molar-refractivity contribution < 1.29 is 0 Å². The molecule has 0 radical (unpaired) electrons. The van der Waals surface area contributed by atoms with Gasteiger partial charge in [0.05, 0.1) is 0 Å². The lowest BCUT2D eigenvalue weighted by molar-refractivity contribution is 1.70. The van der Waals surface area contributed by atoms with Crippen LogP contribution >= 0.6 is 15.9 Å². The first-order valence-electron chi connectivity index (χ1n) is 3.50. The summed E-state index contributed by atoms with van der Waals surface area (Å²) in [6, 6.07) is 14.6. The highest BCUT2D eigenvalue weighted by molar-refractivity contribution is 9.10. The lowest BCUT2D eigenvalue weighted by Crippen LogP contribution is -1.69. The number of hydrogen-bond acceptors (Lipinski definition) is 0. The van der Waals surface area contributed by atoms with Crippen LogP contribution in [-0.4, -0.2) is 0 Å². The van der Waals surface area contributed by atoms with Crippen molar-refractivity contribution in [1.29, 1.82) is 0 Å². The molecule has 2 aromatic carbocycles. The van der Waals surface area contributed by atoms with Crippen molar-refractivity contribution in [2.75, 3.05) is 0 Å². The number of fused-ring (bicyclic) bond motifs is 1. The number of rotatable bonds is 0. The zero-order valence-corrected chi connectivity index (χ0v) is 7.51. The van der Waals surface area contributed by atoms with Crippen molar-refractivity contribution in [2.45, 2.75) is 7.43 Å². The van der Waals surface area contributed by atoms with Crippen molar-refractivity contribution in [3.05, 3.63) is 46.9 Å². The molecule has 0 bridgehead atoms. The Kier molecular flexibility index (Phi) is 2.88. The first-order valence-corrected chi connectivity index (χ1v) is 4.30. The van der Waals surface area contributed by atoms with Crippen molar-refractivity contribution in [2.24, 2.45) is 0 Å². The van der Waals surface area contributed by atoms with E-state index in [1.165, 1.54) is 10.8 Å². The molecule has 0 saturated heterocycles. The second-order valence-corrected chi connectivity index (χ2v) is 3.41. The van der Waals surface area contributed by atoms with Gasteiger partial charge in [0.25, 0.3) is 0 Å². The van der Waals surface area contributed by atoms with Gasteiger partial charge in [0.15, 0.2) is 0 Å². The van der Waals surface area contributed by atoms with Crippen molar-refractivity contribution in [1.82, 2.24) is 0 Å². The van der Waals surface area contributed by atoms with E-state index in [4.69, 9.17) is 0 Å². The molecule has 2 rings (SSSR count). The van der Waals surface area contributed by atoms with Crippen LogP contribution in [0.2, 0.25) is 0 Å². The molecule has 0 aliphatic heterocycles. The molecular weight excluding hydrogens is 212 g/mol. The normalized spacial score (nSPS) is 9.42. The van der Waals surface area contributed by atoms with E-state index in [0.29, 0.717) is 0 Å². The van der Waals surface area contributed by atoms with Crippen LogP contribution in [0.15, 0.2) is 46.9 Å². The van der Waals surface area contributed by atoms with Crippen LogP contribution in [0.5, 0.6) is 0 Å². The highest BCUT2D eigenvalue weighted by atomic mass is 79.9. The minimum atomic E-state index is 0. The van der Waals surface area contributed by atoms with Crippen LogP contribution in [0.25, 0.3) is 10.8 Å². The highest BCUT2D eigenvalue weighted by Crippen LogP contribution is 2.18. The molecule has 0 nitrogen and oxygen atoms in total.